The third kappa shape index (κ3) is 2.74. The van der Waals surface area contributed by atoms with Gasteiger partial charge in [-0.3, -0.25) is 0 Å². The minimum absolute atomic E-state index is 0.189. The van der Waals surface area contributed by atoms with E-state index >= 15 is 0 Å². The van der Waals surface area contributed by atoms with Gasteiger partial charge in [0, 0.05) is 24.7 Å². The maximum atomic E-state index is 14.3. The summed E-state index contributed by atoms with van der Waals surface area (Å²) in [6.07, 6.45) is 3.34. The molecule has 1 aliphatic rings. The summed E-state index contributed by atoms with van der Waals surface area (Å²) in [4.78, 5) is 12.8. The zero-order valence-corrected chi connectivity index (χ0v) is 11.4. The van der Waals surface area contributed by atoms with Gasteiger partial charge in [0.25, 0.3) is 0 Å². The number of piperidine rings is 1. The number of halogens is 1. The number of nitrogens with zero attached hydrogens (tertiary/aromatic N) is 2. The molecule has 0 aliphatic carbocycles. The molecule has 0 spiro atoms. The first-order chi connectivity index (χ1) is 10.1. The van der Waals surface area contributed by atoms with Crippen LogP contribution in [-0.2, 0) is 0 Å². The quantitative estimate of drug-likeness (QED) is 0.940. The van der Waals surface area contributed by atoms with Crippen LogP contribution in [0.3, 0.4) is 0 Å². The van der Waals surface area contributed by atoms with Gasteiger partial charge < -0.3 is 14.5 Å². The summed E-state index contributed by atoms with van der Waals surface area (Å²) < 4.78 is 19.2. The van der Waals surface area contributed by atoms with Crippen LogP contribution >= 0.6 is 0 Å². The lowest BCUT2D eigenvalue weighted by Gasteiger charge is -2.29. The molecule has 2 heterocycles. The second-order valence-electron chi connectivity index (χ2n) is 5.10. The van der Waals surface area contributed by atoms with E-state index in [-0.39, 0.29) is 17.3 Å². The lowest BCUT2D eigenvalue weighted by atomic mass is 10.1. The van der Waals surface area contributed by atoms with E-state index in [4.69, 9.17) is 9.63 Å². The van der Waals surface area contributed by atoms with Crippen LogP contribution in [-0.4, -0.2) is 29.3 Å². The Morgan fingerprint density at radius 3 is 2.62 bits per heavy atom. The number of hydrogen-bond donors (Lipinski definition) is 1. The van der Waals surface area contributed by atoms with Crippen LogP contribution < -0.4 is 4.90 Å². The molecule has 0 atom stereocenters. The van der Waals surface area contributed by atoms with Crippen LogP contribution in [0.2, 0.25) is 0 Å². The third-order valence-corrected chi connectivity index (χ3v) is 3.66. The maximum Gasteiger partial charge on any atom is 0.358 e. The summed E-state index contributed by atoms with van der Waals surface area (Å²) in [5.74, 6) is -1.26. The normalized spacial score (nSPS) is 15.2. The lowest BCUT2D eigenvalue weighted by Crippen LogP contribution is -2.30. The van der Waals surface area contributed by atoms with Crippen molar-refractivity contribution in [3.63, 3.8) is 0 Å². The Labute approximate surface area is 121 Å². The van der Waals surface area contributed by atoms with Gasteiger partial charge in [-0.2, -0.15) is 0 Å². The van der Waals surface area contributed by atoms with Crippen molar-refractivity contribution in [1.29, 1.82) is 0 Å². The van der Waals surface area contributed by atoms with Crippen molar-refractivity contribution in [1.82, 2.24) is 5.16 Å². The molecule has 21 heavy (non-hydrogen) atoms. The number of anilines is 1. The van der Waals surface area contributed by atoms with Crippen LogP contribution in [0.5, 0.6) is 0 Å². The predicted molar refractivity (Wildman–Crippen MR) is 74.9 cm³/mol. The SMILES string of the molecule is O=C(O)c1cc(-c2ccc(N3CCCCC3)c(F)c2)on1. The van der Waals surface area contributed by atoms with Crippen LogP contribution in [0.1, 0.15) is 29.8 Å². The zero-order chi connectivity index (χ0) is 14.8. The van der Waals surface area contributed by atoms with E-state index in [0.717, 1.165) is 25.9 Å². The molecule has 1 aromatic carbocycles. The Balaban J connectivity index is 1.87. The number of hydrogen-bond acceptors (Lipinski definition) is 4. The van der Waals surface area contributed by atoms with Crippen molar-refractivity contribution < 1.29 is 18.8 Å². The standard InChI is InChI=1S/C15H15FN2O3/c16-11-8-10(14-9-12(15(19)20)17-21-14)4-5-13(11)18-6-2-1-3-7-18/h4-5,8-9H,1-3,6-7H2,(H,19,20). The van der Waals surface area contributed by atoms with Crippen LogP contribution in [0, 0.1) is 5.82 Å². The Bertz CT molecular complexity index is 663. The molecule has 1 saturated heterocycles. The highest BCUT2D eigenvalue weighted by Gasteiger charge is 2.17. The number of rotatable bonds is 3. The molecule has 1 fully saturated rings. The zero-order valence-electron chi connectivity index (χ0n) is 11.4. The van der Waals surface area contributed by atoms with Crippen LogP contribution in [0.15, 0.2) is 28.8 Å². The number of carboxylic acids is 1. The summed E-state index contributed by atoms with van der Waals surface area (Å²) >= 11 is 0. The molecule has 1 aliphatic heterocycles. The first-order valence-corrected chi connectivity index (χ1v) is 6.90. The smallest absolute Gasteiger partial charge is 0.358 e. The molecule has 0 amide bonds. The van der Waals surface area contributed by atoms with Gasteiger partial charge in [-0.25, -0.2) is 9.18 Å². The van der Waals surface area contributed by atoms with Gasteiger partial charge in [0.1, 0.15) is 5.82 Å². The minimum atomic E-state index is -1.17. The number of aromatic carboxylic acids is 1. The second kappa shape index (κ2) is 5.55. The summed E-state index contributed by atoms with van der Waals surface area (Å²) in [6, 6.07) is 6.08. The first-order valence-electron chi connectivity index (χ1n) is 6.90. The summed E-state index contributed by atoms with van der Waals surface area (Å²) in [5.41, 5.74) is 0.871. The van der Waals surface area contributed by atoms with Gasteiger partial charge in [-0.15, -0.1) is 0 Å². The van der Waals surface area contributed by atoms with Crippen molar-refractivity contribution in [2.24, 2.45) is 0 Å². The van der Waals surface area contributed by atoms with Gasteiger partial charge in [0.2, 0.25) is 0 Å². The fraction of sp³-hybridized carbons (Fsp3) is 0.333. The molecule has 2 aromatic rings. The number of carbonyl (C=O) groups is 1. The second-order valence-corrected chi connectivity index (χ2v) is 5.10. The summed E-state index contributed by atoms with van der Waals surface area (Å²) in [5, 5.41) is 12.2. The van der Waals surface area contributed by atoms with Crippen molar-refractivity contribution in [3.05, 3.63) is 35.8 Å². The fourth-order valence-corrected chi connectivity index (χ4v) is 2.56. The number of aromatic nitrogens is 1. The Hall–Kier alpha value is -2.37. The molecule has 0 unspecified atom stereocenters. The van der Waals surface area contributed by atoms with Crippen molar-refractivity contribution >= 4 is 11.7 Å². The molecule has 3 rings (SSSR count). The average Bonchev–Trinajstić information content (AvgIpc) is 2.98. The Kier molecular flexibility index (Phi) is 3.60. The molecule has 0 radical (unpaired) electrons. The highest BCUT2D eigenvalue weighted by molar-refractivity contribution is 5.86. The van der Waals surface area contributed by atoms with Crippen molar-refractivity contribution in [3.8, 4) is 11.3 Å². The Morgan fingerprint density at radius 1 is 1.24 bits per heavy atom. The number of benzene rings is 1. The van der Waals surface area contributed by atoms with E-state index in [9.17, 15) is 9.18 Å². The molecule has 1 aromatic heterocycles. The monoisotopic (exact) mass is 290 g/mol. The van der Waals surface area contributed by atoms with E-state index in [1.165, 1.54) is 18.6 Å². The third-order valence-electron chi connectivity index (χ3n) is 3.66. The topological polar surface area (TPSA) is 66.6 Å². The molecule has 0 bridgehead atoms. The lowest BCUT2D eigenvalue weighted by molar-refractivity contribution is 0.0686. The fourth-order valence-electron chi connectivity index (χ4n) is 2.56. The van der Waals surface area contributed by atoms with E-state index in [1.807, 2.05) is 4.90 Å². The first kappa shape index (κ1) is 13.6. The summed E-state index contributed by atoms with van der Waals surface area (Å²) in [6.45, 7) is 1.73. The molecule has 110 valence electrons. The van der Waals surface area contributed by atoms with Gasteiger partial charge in [-0.05, 0) is 37.5 Å². The van der Waals surface area contributed by atoms with Gasteiger partial charge in [0.15, 0.2) is 11.5 Å². The molecule has 5 nitrogen and oxygen atoms in total. The largest absolute Gasteiger partial charge is 0.476 e. The van der Waals surface area contributed by atoms with Gasteiger partial charge in [0.05, 0.1) is 5.69 Å². The molecular weight excluding hydrogens is 275 g/mol. The Morgan fingerprint density at radius 2 is 2.00 bits per heavy atom. The molecule has 1 N–H and O–H groups in total. The van der Waals surface area contributed by atoms with Crippen LogP contribution in [0.4, 0.5) is 10.1 Å². The molecular formula is C15H15FN2O3. The number of carboxylic acid groups (broad SMARTS) is 1. The maximum absolute atomic E-state index is 14.3. The van der Waals surface area contributed by atoms with E-state index in [2.05, 4.69) is 5.16 Å². The van der Waals surface area contributed by atoms with Crippen molar-refractivity contribution in [2.45, 2.75) is 19.3 Å². The highest BCUT2D eigenvalue weighted by Crippen LogP contribution is 2.28. The van der Waals surface area contributed by atoms with Gasteiger partial charge in [-0.1, -0.05) is 5.16 Å². The van der Waals surface area contributed by atoms with Gasteiger partial charge >= 0.3 is 5.97 Å². The minimum Gasteiger partial charge on any atom is -0.476 e. The van der Waals surface area contributed by atoms with Crippen LogP contribution in [0.25, 0.3) is 11.3 Å². The average molecular weight is 290 g/mol. The highest BCUT2D eigenvalue weighted by atomic mass is 19.1. The van der Waals surface area contributed by atoms with E-state index < -0.39 is 5.97 Å². The predicted octanol–water partition coefficient (Wildman–Crippen LogP) is 3.17. The molecule has 6 heteroatoms. The summed E-state index contributed by atoms with van der Waals surface area (Å²) in [7, 11) is 0. The van der Waals surface area contributed by atoms with E-state index in [0.29, 0.717) is 11.3 Å². The molecule has 0 saturated carbocycles. The van der Waals surface area contributed by atoms with Crippen molar-refractivity contribution in [2.75, 3.05) is 18.0 Å². The van der Waals surface area contributed by atoms with E-state index in [1.54, 1.807) is 12.1 Å².